The molecule has 1 saturated heterocycles. The molecule has 18 heavy (non-hydrogen) atoms. The predicted molar refractivity (Wildman–Crippen MR) is 72.6 cm³/mol. The Balaban J connectivity index is 2.43. The molecule has 102 valence electrons. The minimum atomic E-state index is -0.756. The van der Waals surface area contributed by atoms with Gasteiger partial charge in [0.05, 0.1) is 11.8 Å². The lowest BCUT2D eigenvalue weighted by atomic mass is 10.2. The first kappa shape index (κ1) is 15.5. The van der Waals surface area contributed by atoms with Gasteiger partial charge in [0, 0.05) is 6.42 Å². The van der Waals surface area contributed by atoms with E-state index < -0.39 is 10.3 Å². The largest absolute Gasteiger partial charge is 0.463 e. The first-order chi connectivity index (χ1) is 8.27. The Morgan fingerprint density at radius 1 is 1.56 bits per heavy atom. The van der Waals surface area contributed by atoms with Crippen LogP contribution in [0.25, 0.3) is 0 Å². The van der Waals surface area contributed by atoms with Crippen LogP contribution in [0.3, 0.4) is 0 Å². The highest BCUT2D eigenvalue weighted by Crippen LogP contribution is 2.23. The SMILES string of the molecule is CSC1CC(=O)N(CCOC(=O)C(C)(C)Br)C1=O. The smallest absolute Gasteiger partial charge is 0.322 e. The molecular weight excluding hydrogens is 322 g/mol. The van der Waals surface area contributed by atoms with E-state index in [0.29, 0.717) is 0 Å². The van der Waals surface area contributed by atoms with Crippen LogP contribution in [-0.4, -0.2) is 51.7 Å². The van der Waals surface area contributed by atoms with Crippen LogP contribution in [0, 0.1) is 0 Å². The number of likely N-dealkylation sites (tertiary alicyclic amines) is 1. The van der Waals surface area contributed by atoms with E-state index in [4.69, 9.17) is 4.74 Å². The van der Waals surface area contributed by atoms with Crippen LogP contribution in [0.5, 0.6) is 0 Å². The molecule has 0 radical (unpaired) electrons. The monoisotopic (exact) mass is 337 g/mol. The van der Waals surface area contributed by atoms with Crippen molar-refractivity contribution < 1.29 is 19.1 Å². The number of imide groups is 1. The fourth-order valence-electron chi connectivity index (χ4n) is 1.47. The van der Waals surface area contributed by atoms with E-state index in [1.807, 2.05) is 0 Å². The Morgan fingerprint density at radius 3 is 2.61 bits per heavy atom. The van der Waals surface area contributed by atoms with Gasteiger partial charge in [-0.15, -0.1) is 0 Å². The van der Waals surface area contributed by atoms with Gasteiger partial charge in [-0.3, -0.25) is 19.3 Å². The molecule has 1 aliphatic heterocycles. The topological polar surface area (TPSA) is 63.7 Å². The first-order valence-electron chi connectivity index (χ1n) is 5.50. The van der Waals surface area contributed by atoms with E-state index in [1.165, 1.54) is 11.8 Å². The number of hydrogen-bond donors (Lipinski definition) is 0. The third kappa shape index (κ3) is 3.71. The first-order valence-corrected chi connectivity index (χ1v) is 7.58. The number of alkyl halides is 1. The molecule has 0 aromatic carbocycles. The Kier molecular flexibility index (Phi) is 5.21. The van der Waals surface area contributed by atoms with Crippen molar-refractivity contribution in [3.8, 4) is 0 Å². The number of ether oxygens (including phenoxy) is 1. The number of nitrogens with zero attached hydrogens (tertiary/aromatic N) is 1. The molecule has 5 nitrogen and oxygen atoms in total. The summed E-state index contributed by atoms with van der Waals surface area (Å²) in [7, 11) is 0. The number of hydrogen-bond acceptors (Lipinski definition) is 5. The molecule has 1 heterocycles. The molecule has 1 unspecified atom stereocenters. The average molecular weight is 338 g/mol. The lowest BCUT2D eigenvalue weighted by Gasteiger charge is -2.18. The van der Waals surface area contributed by atoms with Crippen molar-refractivity contribution in [2.45, 2.75) is 29.8 Å². The molecular formula is C11H16BrNO4S. The lowest BCUT2D eigenvalue weighted by Crippen LogP contribution is -2.36. The maximum absolute atomic E-state index is 11.8. The molecule has 0 N–H and O–H groups in total. The summed E-state index contributed by atoms with van der Waals surface area (Å²) in [6.07, 6.45) is 2.03. The van der Waals surface area contributed by atoms with E-state index >= 15 is 0 Å². The lowest BCUT2D eigenvalue weighted by molar-refractivity contribution is -0.149. The predicted octanol–water partition coefficient (Wildman–Crippen LogP) is 1.19. The zero-order valence-electron chi connectivity index (χ0n) is 10.6. The summed E-state index contributed by atoms with van der Waals surface area (Å²) < 4.78 is 4.24. The molecule has 1 fully saturated rings. The van der Waals surface area contributed by atoms with Crippen molar-refractivity contribution in [3.63, 3.8) is 0 Å². The van der Waals surface area contributed by atoms with Gasteiger partial charge in [-0.2, -0.15) is 11.8 Å². The molecule has 2 amide bonds. The summed E-state index contributed by atoms with van der Waals surface area (Å²) in [6, 6.07) is 0. The van der Waals surface area contributed by atoms with Gasteiger partial charge in [-0.05, 0) is 20.1 Å². The number of thioether (sulfide) groups is 1. The standard InChI is InChI=1S/C11H16BrNO4S/c1-11(2,12)10(16)17-5-4-13-8(14)6-7(18-3)9(13)15/h7H,4-6H2,1-3H3. The second kappa shape index (κ2) is 6.06. The Labute approximate surface area is 119 Å². The molecule has 0 aromatic rings. The van der Waals surface area contributed by atoms with Gasteiger partial charge in [0.1, 0.15) is 10.9 Å². The third-order valence-electron chi connectivity index (χ3n) is 2.52. The van der Waals surface area contributed by atoms with E-state index in [0.717, 1.165) is 4.90 Å². The molecule has 7 heteroatoms. The fraction of sp³-hybridized carbons (Fsp3) is 0.727. The summed E-state index contributed by atoms with van der Waals surface area (Å²) in [4.78, 5) is 35.9. The van der Waals surface area contributed by atoms with Crippen molar-refractivity contribution in [3.05, 3.63) is 0 Å². The third-order valence-corrected chi connectivity index (χ3v) is 3.78. The Bertz CT molecular complexity index is 367. The molecule has 0 spiro atoms. The van der Waals surface area contributed by atoms with Crippen LogP contribution in [-0.2, 0) is 19.1 Å². The normalized spacial score (nSPS) is 20.4. The van der Waals surface area contributed by atoms with E-state index in [1.54, 1.807) is 20.1 Å². The van der Waals surface area contributed by atoms with E-state index in [-0.39, 0.29) is 36.6 Å². The maximum atomic E-state index is 11.8. The highest BCUT2D eigenvalue weighted by atomic mass is 79.9. The molecule has 0 aliphatic carbocycles. The number of rotatable bonds is 5. The molecule has 1 atom stereocenters. The number of carbonyl (C=O) groups is 3. The summed E-state index contributed by atoms with van der Waals surface area (Å²) in [5.74, 6) is -0.807. The second-order valence-corrected chi connectivity index (χ2v) is 7.44. The Morgan fingerprint density at radius 2 is 2.17 bits per heavy atom. The van der Waals surface area contributed by atoms with Crippen LogP contribution >= 0.6 is 27.7 Å². The van der Waals surface area contributed by atoms with Crippen LogP contribution in [0.2, 0.25) is 0 Å². The van der Waals surface area contributed by atoms with Gasteiger partial charge in [0.2, 0.25) is 11.8 Å². The van der Waals surface area contributed by atoms with Crippen LogP contribution in [0.4, 0.5) is 0 Å². The summed E-state index contributed by atoms with van der Waals surface area (Å²) >= 11 is 4.54. The van der Waals surface area contributed by atoms with E-state index in [2.05, 4.69) is 15.9 Å². The number of halogens is 1. The second-order valence-electron chi connectivity index (χ2n) is 4.42. The summed E-state index contributed by atoms with van der Waals surface area (Å²) in [6.45, 7) is 3.51. The molecule has 1 rings (SSSR count). The van der Waals surface area contributed by atoms with Crippen molar-refractivity contribution in [1.29, 1.82) is 0 Å². The zero-order valence-corrected chi connectivity index (χ0v) is 13.0. The van der Waals surface area contributed by atoms with Crippen LogP contribution in [0.1, 0.15) is 20.3 Å². The molecule has 0 bridgehead atoms. The highest BCUT2D eigenvalue weighted by molar-refractivity contribution is 9.10. The van der Waals surface area contributed by atoms with Crippen molar-refractivity contribution in [2.24, 2.45) is 0 Å². The minimum Gasteiger partial charge on any atom is -0.463 e. The Hall–Kier alpha value is -0.560. The van der Waals surface area contributed by atoms with Gasteiger partial charge < -0.3 is 4.74 Å². The van der Waals surface area contributed by atoms with Gasteiger partial charge in [0.15, 0.2) is 0 Å². The van der Waals surface area contributed by atoms with E-state index in [9.17, 15) is 14.4 Å². The van der Waals surface area contributed by atoms with Gasteiger partial charge in [-0.25, -0.2) is 0 Å². The average Bonchev–Trinajstić information content (AvgIpc) is 2.54. The van der Waals surface area contributed by atoms with Crippen LogP contribution in [0.15, 0.2) is 0 Å². The van der Waals surface area contributed by atoms with Gasteiger partial charge >= 0.3 is 5.97 Å². The molecule has 0 saturated carbocycles. The minimum absolute atomic E-state index is 0.0342. The zero-order chi connectivity index (χ0) is 13.9. The fourth-order valence-corrected chi connectivity index (χ4v) is 2.23. The highest BCUT2D eigenvalue weighted by Gasteiger charge is 2.38. The number of esters is 1. The van der Waals surface area contributed by atoms with Gasteiger partial charge in [-0.1, -0.05) is 15.9 Å². The molecule has 0 aromatic heterocycles. The number of amides is 2. The molecule has 1 aliphatic rings. The van der Waals surface area contributed by atoms with Crippen molar-refractivity contribution in [1.82, 2.24) is 4.90 Å². The van der Waals surface area contributed by atoms with Crippen molar-refractivity contribution in [2.75, 3.05) is 19.4 Å². The van der Waals surface area contributed by atoms with Crippen molar-refractivity contribution >= 4 is 45.5 Å². The number of carbonyl (C=O) groups excluding carboxylic acids is 3. The summed E-state index contributed by atoms with van der Waals surface area (Å²) in [5.41, 5.74) is 0. The quantitative estimate of drug-likeness (QED) is 0.428. The van der Waals surface area contributed by atoms with Gasteiger partial charge in [0.25, 0.3) is 0 Å². The summed E-state index contributed by atoms with van der Waals surface area (Å²) in [5, 5.41) is -0.291. The van der Waals surface area contributed by atoms with Crippen LogP contribution < -0.4 is 0 Å². The maximum Gasteiger partial charge on any atom is 0.322 e.